The smallest absolute Gasteiger partial charge is 0.416 e. The van der Waals surface area contributed by atoms with Crippen LogP contribution in [0, 0.1) is 10.1 Å². The maximum absolute atomic E-state index is 12.6. The molecule has 0 fully saturated rings. The molecule has 21 heavy (non-hydrogen) atoms. The second-order valence-electron chi connectivity index (χ2n) is 4.02. The molecule has 114 valence electrons. The fraction of sp³-hybridized carbons (Fsp3) is 0.250. The second kappa shape index (κ2) is 6.25. The maximum Gasteiger partial charge on any atom is 0.416 e. The Morgan fingerprint density at radius 2 is 2.10 bits per heavy atom. The van der Waals surface area contributed by atoms with Crippen molar-refractivity contribution >= 4 is 17.3 Å². The van der Waals surface area contributed by atoms with Crippen molar-refractivity contribution in [1.82, 2.24) is 0 Å². The topological polar surface area (TPSA) is 83.7 Å². The van der Waals surface area contributed by atoms with Crippen LogP contribution in [0.4, 0.5) is 24.5 Å². The van der Waals surface area contributed by atoms with Crippen molar-refractivity contribution < 1.29 is 28.0 Å². The number of hydrogen-bond acceptors (Lipinski definition) is 4. The van der Waals surface area contributed by atoms with Crippen LogP contribution in [0.3, 0.4) is 0 Å². The van der Waals surface area contributed by atoms with Gasteiger partial charge in [-0.1, -0.05) is 6.08 Å². The molecular weight excluding hydrogens is 293 g/mol. The van der Waals surface area contributed by atoms with Gasteiger partial charge in [0.05, 0.1) is 10.5 Å². The van der Waals surface area contributed by atoms with Gasteiger partial charge < -0.3 is 10.0 Å². The summed E-state index contributed by atoms with van der Waals surface area (Å²) < 4.78 is 37.7. The number of alkyl halides is 3. The van der Waals surface area contributed by atoms with Crippen molar-refractivity contribution in [2.45, 2.75) is 6.18 Å². The zero-order valence-electron chi connectivity index (χ0n) is 10.6. The SMILES string of the molecule is C=CCN(CC(=O)O)c1ccc(C(F)(F)F)cc1[N+](=O)[O-]. The van der Waals surface area contributed by atoms with Crippen molar-refractivity contribution in [1.29, 1.82) is 0 Å². The van der Waals surface area contributed by atoms with Crippen molar-refractivity contribution in [3.63, 3.8) is 0 Å². The summed E-state index contributed by atoms with van der Waals surface area (Å²) in [6, 6.07) is 1.93. The Labute approximate surface area is 117 Å². The first-order valence-electron chi connectivity index (χ1n) is 5.60. The predicted octanol–water partition coefficient (Wildman–Crippen LogP) is 2.69. The Kier molecular flexibility index (Phi) is 4.90. The number of aliphatic carboxylic acids is 1. The Bertz CT molecular complexity index is 572. The highest BCUT2D eigenvalue weighted by molar-refractivity contribution is 5.76. The molecule has 6 nitrogen and oxygen atoms in total. The van der Waals surface area contributed by atoms with Crippen molar-refractivity contribution in [2.24, 2.45) is 0 Å². The molecule has 9 heteroatoms. The van der Waals surface area contributed by atoms with Gasteiger partial charge in [-0.05, 0) is 12.1 Å². The van der Waals surface area contributed by atoms with E-state index in [9.17, 15) is 28.1 Å². The van der Waals surface area contributed by atoms with Gasteiger partial charge in [-0.2, -0.15) is 13.2 Å². The molecular formula is C12H11F3N2O4. The highest BCUT2D eigenvalue weighted by Crippen LogP contribution is 2.36. The number of hydrogen-bond donors (Lipinski definition) is 1. The first-order valence-corrected chi connectivity index (χ1v) is 5.60. The zero-order valence-corrected chi connectivity index (χ0v) is 10.6. The van der Waals surface area contributed by atoms with Crippen LogP contribution in [-0.2, 0) is 11.0 Å². The number of nitro benzene ring substituents is 1. The number of benzene rings is 1. The van der Waals surface area contributed by atoms with Crippen molar-refractivity contribution in [3.8, 4) is 0 Å². The Morgan fingerprint density at radius 3 is 2.52 bits per heavy atom. The van der Waals surface area contributed by atoms with E-state index < -0.39 is 34.9 Å². The summed E-state index contributed by atoms with van der Waals surface area (Å²) in [5.41, 5.74) is -2.20. The standard InChI is InChI=1S/C12H11F3N2O4/c1-2-5-16(7-11(18)19)9-4-3-8(12(13,14)15)6-10(9)17(20)21/h2-4,6H,1,5,7H2,(H,18,19). The van der Waals surface area contributed by atoms with E-state index in [2.05, 4.69) is 6.58 Å². The largest absolute Gasteiger partial charge is 0.480 e. The lowest BCUT2D eigenvalue weighted by Crippen LogP contribution is -2.30. The van der Waals surface area contributed by atoms with Crippen LogP contribution < -0.4 is 4.90 Å². The molecule has 0 aliphatic heterocycles. The van der Waals surface area contributed by atoms with E-state index in [1.807, 2.05) is 0 Å². The lowest BCUT2D eigenvalue weighted by molar-refractivity contribution is -0.384. The summed E-state index contributed by atoms with van der Waals surface area (Å²) in [7, 11) is 0. The number of anilines is 1. The molecule has 0 radical (unpaired) electrons. The number of nitro groups is 1. The van der Waals surface area contributed by atoms with Gasteiger partial charge in [0.15, 0.2) is 0 Å². The van der Waals surface area contributed by atoms with Crippen molar-refractivity contribution in [2.75, 3.05) is 18.0 Å². The molecule has 0 unspecified atom stereocenters. The van der Waals surface area contributed by atoms with Crippen LogP contribution >= 0.6 is 0 Å². The summed E-state index contributed by atoms with van der Waals surface area (Å²) in [6.07, 6.45) is -3.43. The lowest BCUT2D eigenvalue weighted by Gasteiger charge is -2.21. The number of carboxylic acid groups (broad SMARTS) is 1. The molecule has 1 rings (SSSR count). The number of rotatable bonds is 6. The van der Waals surface area contributed by atoms with Gasteiger partial charge in [0.2, 0.25) is 0 Å². The summed E-state index contributed by atoms with van der Waals surface area (Å²) in [5, 5.41) is 19.7. The summed E-state index contributed by atoms with van der Waals surface area (Å²) in [5.74, 6) is -1.27. The summed E-state index contributed by atoms with van der Waals surface area (Å²) in [6.45, 7) is 2.72. The predicted molar refractivity (Wildman–Crippen MR) is 68.1 cm³/mol. The average molecular weight is 304 g/mol. The third kappa shape index (κ3) is 4.20. The first-order chi connectivity index (χ1) is 9.66. The van der Waals surface area contributed by atoms with Crippen LogP contribution in [-0.4, -0.2) is 29.1 Å². The third-order valence-electron chi connectivity index (χ3n) is 2.52. The first kappa shape index (κ1) is 16.5. The van der Waals surface area contributed by atoms with Crippen LogP contribution in [0.2, 0.25) is 0 Å². The molecule has 0 bridgehead atoms. The molecule has 0 aliphatic carbocycles. The molecule has 1 aromatic carbocycles. The fourth-order valence-corrected chi connectivity index (χ4v) is 1.68. The number of carbonyl (C=O) groups is 1. The minimum Gasteiger partial charge on any atom is -0.480 e. The Morgan fingerprint density at radius 1 is 1.48 bits per heavy atom. The van der Waals surface area contributed by atoms with Gasteiger partial charge in [0.25, 0.3) is 5.69 Å². The molecule has 0 amide bonds. The summed E-state index contributed by atoms with van der Waals surface area (Å²) >= 11 is 0. The van der Waals surface area contributed by atoms with E-state index in [0.29, 0.717) is 12.1 Å². The minimum absolute atomic E-state index is 0.0570. The average Bonchev–Trinajstić information content (AvgIpc) is 2.36. The number of nitrogens with zero attached hydrogens (tertiary/aromatic N) is 2. The Hall–Kier alpha value is -2.58. The van der Waals surface area contributed by atoms with Gasteiger partial charge in [0.1, 0.15) is 12.2 Å². The highest BCUT2D eigenvalue weighted by Gasteiger charge is 2.33. The molecule has 0 aliphatic rings. The second-order valence-corrected chi connectivity index (χ2v) is 4.02. The van der Waals surface area contributed by atoms with E-state index in [1.54, 1.807) is 0 Å². The van der Waals surface area contributed by atoms with Crippen LogP contribution in [0.1, 0.15) is 5.56 Å². The molecule has 1 N–H and O–H groups in total. The molecule has 0 saturated heterocycles. The van der Waals surface area contributed by atoms with E-state index >= 15 is 0 Å². The lowest BCUT2D eigenvalue weighted by atomic mass is 10.1. The number of halogens is 3. The molecule has 0 atom stereocenters. The molecule has 0 spiro atoms. The van der Waals surface area contributed by atoms with Crippen molar-refractivity contribution in [3.05, 3.63) is 46.5 Å². The van der Waals surface area contributed by atoms with Gasteiger partial charge in [-0.25, -0.2) is 0 Å². The summed E-state index contributed by atoms with van der Waals surface area (Å²) in [4.78, 5) is 21.7. The van der Waals surface area contributed by atoms with Crippen LogP contribution in [0.15, 0.2) is 30.9 Å². The quantitative estimate of drug-likeness (QED) is 0.496. The molecule has 0 saturated carbocycles. The monoisotopic (exact) mass is 304 g/mol. The fourth-order valence-electron chi connectivity index (χ4n) is 1.68. The van der Waals surface area contributed by atoms with Crippen LogP contribution in [0.5, 0.6) is 0 Å². The van der Waals surface area contributed by atoms with Gasteiger partial charge >= 0.3 is 12.1 Å². The van der Waals surface area contributed by atoms with Gasteiger partial charge in [0, 0.05) is 12.6 Å². The van der Waals surface area contributed by atoms with E-state index in [1.165, 1.54) is 6.08 Å². The highest BCUT2D eigenvalue weighted by atomic mass is 19.4. The number of carboxylic acids is 1. The van der Waals surface area contributed by atoms with Gasteiger partial charge in [-0.15, -0.1) is 6.58 Å². The molecule has 1 aromatic rings. The molecule has 0 heterocycles. The van der Waals surface area contributed by atoms with E-state index in [-0.39, 0.29) is 12.2 Å². The Balaban J connectivity index is 3.36. The third-order valence-corrected chi connectivity index (χ3v) is 2.52. The zero-order chi connectivity index (χ0) is 16.2. The maximum atomic E-state index is 12.6. The van der Waals surface area contributed by atoms with E-state index in [0.717, 1.165) is 11.0 Å². The van der Waals surface area contributed by atoms with E-state index in [4.69, 9.17) is 5.11 Å². The minimum atomic E-state index is -4.72. The molecule has 0 aromatic heterocycles. The van der Waals surface area contributed by atoms with Crippen LogP contribution in [0.25, 0.3) is 0 Å². The normalized spacial score (nSPS) is 11.0. The van der Waals surface area contributed by atoms with Gasteiger partial charge in [-0.3, -0.25) is 14.9 Å².